The lowest BCUT2D eigenvalue weighted by atomic mass is 10.1. The molecule has 0 radical (unpaired) electrons. The maximum Gasteiger partial charge on any atom is 0.124 e. The first-order valence-electron chi connectivity index (χ1n) is 5.96. The second-order valence-corrected chi connectivity index (χ2v) is 5.66. The Balaban J connectivity index is 2.06. The molecule has 1 aliphatic carbocycles. The number of hydrogen-bond acceptors (Lipinski definition) is 3. The second-order valence-electron chi connectivity index (χ2n) is 4.57. The van der Waals surface area contributed by atoms with Gasteiger partial charge in [0.05, 0.1) is 17.2 Å². The maximum atomic E-state index is 9.40. The molecule has 1 fully saturated rings. The molecule has 1 aromatic heterocycles. The smallest absolute Gasteiger partial charge is 0.124 e. The highest BCUT2D eigenvalue weighted by atomic mass is 32.1. The van der Waals surface area contributed by atoms with Crippen LogP contribution >= 0.6 is 11.3 Å². The highest BCUT2D eigenvalue weighted by Gasteiger charge is 2.29. The minimum atomic E-state index is 0.120. The summed E-state index contributed by atoms with van der Waals surface area (Å²) in [5.74, 6) is 0.603. The largest absolute Gasteiger partial charge is 0.391 e. The maximum absolute atomic E-state index is 9.40. The van der Waals surface area contributed by atoms with E-state index in [9.17, 15) is 5.11 Å². The van der Waals surface area contributed by atoms with Crippen LogP contribution in [0.15, 0.2) is 24.3 Å². The van der Waals surface area contributed by atoms with Crippen molar-refractivity contribution in [2.45, 2.75) is 32.3 Å². The first-order valence-corrected chi connectivity index (χ1v) is 6.77. The average molecular weight is 245 g/mol. The van der Waals surface area contributed by atoms with E-state index in [1.54, 1.807) is 11.3 Å². The van der Waals surface area contributed by atoms with Crippen LogP contribution in [0.25, 0.3) is 10.6 Å². The average Bonchev–Trinajstić information content (AvgIpc) is 3.10. The van der Waals surface area contributed by atoms with E-state index in [2.05, 4.69) is 19.1 Å². The Hall–Kier alpha value is -1.19. The third-order valence-corrected chi connectivity index (χ3v) is 4.30. The number of hydrogen-bond donors (Lipinski definition) is 1. The molecule has 0 saturated heterocycles. The van der Waals surface area contributed by atoms with Gasteiger partial charge in [0.15, 0.2) is 0 Å². The fourth-order valence-corrected chi connectivity index (χ4v) is 3.18. The van der Waals surface area contributed by atoms with E-state index in [-0.39, 0.29) is 6.61 Å². The summed E-state index contributed by atoms with van der Waals surface area (Å²) < 4.78 is 0. The summed E-state index contributed by atoms with van der Waals surface area (Å²) in [6.45, 7) is 2.22. The molecular weight excluding hydrogens is 230 g/mol. The lowest BCUT2D eigenvalue weighted by Crippen LogP contribution is -1.87. The molecule has 0 amide bonds. The van der Waals surface area contributed by atoms with Crippen LogP contribution < -0.4 is 0 Å². The Bertz CT molecular complexity index is 543. The summed E-state index contributed by atoms with van der Waals surface area (Å²) in [6, 6.07) is 8.29. The van der Waals surface area contributed by atoms with Crippen LogP contribution in [0, 0.1) is 6.92 Å². The van der Waals surface area contributed by atoms with Gasteiger partial charge in [-0.3, -0.25) is 0 Å². The number of thiazole rings is 1. The molecule has 0 bridgehead atoms. The molecule has 1 heterocycles. The summed E-state index contributed by atoms with van der Waals surface area (Å²) in [6.07, 6.45) is 2.45. The molecule has 0 unspecified atom stereocenters. The van der Waals surface area contributed by atoms with Crippen LogP contribution in [0.2, 0.25) is 0 Å². The first kappa shape index (κ1) is 10.9. The van der Waals surface area contributed by atoms with Gasteiger partial charge in [-0.25, -0.2) is 4.98 Å². The van der Waals surface area contributed by atoms with Crippen LogP contribution in [-0.2, 0) is 6.61 Å². The van der Waals surface area contributed by atoms with Crippen molar-refractivity contribution in [2.24, 2.45) is 0 Å². The number of benzene rings is 1. The van der Waals surface area contributed by atoms with Gasteiger partial charge in [0, 0.05) is 11.5 Å². The Morgan fingerprint density at radius 2 is 2.12 bits per heavy atom. The van der Waals surface area contributed by atoms with Crippen molar-refractivity contribution in [1.82, 2.24) is 4.98 Å². The molecule has 0 atom stereocenters. The van der Waals surface area contributed by atoms with Crippen molar-refractivity contribution >= 4 is 11.3 Å². The molecule has 88 valence electrons. The number of rotatable bonds is 3. The van der Waals surface area contributed by atoms with Crippen LogP contribution in [0.3, 0.4) is 0 Å². The Morgan fingerprint density at radius 1 is 1.35 bits per heavy atom. The molecule has 1 aromatic carbocycles. The quantitative estimate of drug-likeness (QED) is 0.898. The standard InChI is InChI=1S/C14H15NOS/c1-9-4-2-3-5-11(9)14-15-13(10-6-7-10)12(8-16)17-14/h2-5,10,16H,6-8H2,1H3. The fraction of sp³-hybridized carbons (Fsp3) is 0.357. The molecule has 2 aromatic rings. The van der Waals surface area contributed by atoms with Crippen molar-refractivity contribution in [3.8, 4) is 10.6 Å². The van der Waals surface area contributed by atoms with Crippen molar-refractivity contribution in [2.75, 3.05) is 0 Å². The van der Waals surface area contributed by atoms with Gasteiger partial charge in [-0.05, 0) is 25.3 Å². The van der Waals surface area contributed by atoms with E-state index in [0.717, 1.165) is 15.6 Å². The highest BCUT2D eigenvalue weighted by molar-refractivity contribution is 7.15. The van der Waals surface area contributed by atoms with Crippen LogP contribution in [-0.4, -0.2) is 10.1 Å². The van der Waals surface area contributed by atoms with Gasteiger partial charge >= 0.3 is 0 Å². The molecule has 0 spiro atoms. The third kappa shape index (κ3) is 2.01. The summed E-state index contributed by atoms with van der Waals surface area (Å²) in [5.41, 5.74) is 3.57. The van der Waals surface area contributed by atoms with E-state index in [0.29, 0.717) is 5.92 Å². The Morgan fingerprint density at radius 3 is 2.76 bits per heavy atom. The van der Waals surface area contributed by atoms with E-state index in [1.807, 2.05) is 12.1 Å². The van der Waals surface area contributed by atoms with Crippen molar-refractivity contribution in [3.05, 3.63) is 40.4 Å². The van der Waals surface area contributed by atoms with Gasteiger partial charge in [-0.2, -0.15) is 0 Å². The number of aromatic nitrogens is 1. The first-order chi connectivity index (χ1) is 8.29. The third-order valence-electron chi connectivity index (χ3n) is 3.21. The molecule has 17 heavy (non-hydrogen) atoms. The summed E-state index contributed by atoms with van der Waals surface area (Å²) in [7, 11) is 0. The molecule has 2 nitrogen and oxygen atoms in total. The zero-order valence-corrected chi connectivity index (χ0v) is 10.6. The topological polar surface area (TPSA) is 33.1 Å². The van der Waals surface area contributed by atoms with Gasteiger partial charge in [0.1, 0.15) is 5.01 Å². The number of aryl methyl sites for hydroxylation is 1. The minimum absolute atomic E-state index is 0.120. The predicted molar refractivity (Wildman–Crippen MR) is 70.2 cm³/mol. The highest BCUT2D eigenvalue weighted by Crippen LogP contribution is 2.44. The van der Waals surface area contributed by atoms with Gasteiger partial charge in [-0.1, -0.05) is 24.3 Å². The molecule has 0 aliphatic heterocycles. The van der Waals surface area contributed by atoms with Crippen LogP contribution in [0.4, 0.5) is 0 Å². The van der Waals surface area contributed by atoms with E-state index in [4.69, 9.17) is 4.98 Å². The molecule has 1 saturated carbocycles. The molecule has 1 N–H and O–H groups in total. The number of aliphatic hydroxyl groups is 1. The Kier molecular flexibility index (Phi) is 2.73. The minimum Gasteiger partial charge on any atom is -0.391 e. The van der Waals surface area contributed by atoms with Gasteiger partial charge in [-0.15, -0.1) is 11.3 Å². The number of aliphatic hydroxyl groups excluding tert-OH is 1. The van der Waals surface area contributed by atoms with Crippen molar-refractivity contribution < 1.29 is 5.11 Å². The molecular formula is C14H15NOS. The normalized spacial score (nSPS) is 15.2. The van der Waals surface area contributed by atoms with Crippen LogP contribution in [0.1, 0.15) is 34.9 Å². The van der Waals surface area contributed by atoms with Gasteiger partial charge in [0.25, 0.3) is 0 Å². The zero-order chi connectivity index (χ0) is 11.8. The Labute approximate surface area is 105 Å². The summed E-state index contributed by atoms with van der Waals surface area (Å²) in [5, 5.41) is 10.4. The van der Waals surface area contributed by atoms with Crippen LogP contribution in [0.5, 0.6) is 0 Å². The number of nitrogens with zero attached hydrogens (tertiary/aromatic N) is 1. The fourth-order valence-electron chi connectivity index (χ4n) is 2.08. The lowest BCUT2D eigenvalue weighted by molar-refractivity contribution is 0.284. The lowest BCUT2D eigenvalue weighted by Gasteiger charge is -2.00. The summed E-state index contributed by atoms with van der Waals surface area (Å²) >= 11 is 1.63. The molecule has 3 rings (SSSR count). The molecule has 1 aliphatic rings. The molecule has 3 heteroatoms. The van der Waals surface area contributed by atoms with E-state index < -0.39 is 0 Å². The van der Waals surface area contributed by atoms with Crippen molar-refractivity contribution in [1.29, 1.82) is 0 Å². The second kappa shape index (κ2) is 4.24. The predicted octanol–water partition coefficient (Wildman–Crippen LogP) is 3.49. The van der Waals surface area contributed by atoms with Gasteiger partial charge < -0.3 is 5.11 Å². The van der Waals surface area contributed by atoms with Gasteiger partial charge in [0.2, 0.25) is 0 Å². The summed E-state index contributed by atoms with van der Waals surface area (Å²) in [4.78, 5) is 5.78. The zero-order valence-electron chi connectivity index (χ0n) is 9.81. The van der Waals surface area contributed by atoms with Crippen molar-refractivity contribution in [3.63, 3.8) is 0 Å². The van der Waals surface area contributed by atoms with E-state index >= 15 is 0 Å². The van der Waals surface area contributed by atoms with E-state index in [1.165, 1.54) is 24.0 Å². The SMILES string of the molecule is Cc1ccccc1-c1nc(C2CC2)c(CO)s1. The monoisotopic (exact) mass is 245 g/mol.